The molecule has 4 rings (SSSR count). The molecule has 1 aliphatic rings. The first-order valence-electron chi connectivity index (χ1n) is 11.7. The third-order valence-corrected chi connectivity index (χ3v) is 6.49. The Morgan fingerprint density at radius 2 is 1.77 bits per heavy atom. The molecule has 35 heavy (non-hydrogen) atoms. The van der Waals surface area contributed by atoms with Gasteiger partial charge in [0, 0.05) is 36.4 Å². The van der Waals surface area contributed by atoms with Crippen molar-refractivity contribution >= 4 is 35.1 Å². The van der Waals surface area contributed by atoms with Crippen LogP contribution >= 0.6 is 11.6 Å². The predicted molar refractivity (Wildman–Crippen MR) is 138 cm³/mol. The average Bonchev–Trinajstić information content (AvgIpc) is 2.85. The van der Waals surface area contributed by atoms with Gasteiger partial charge >= 0.3 is 0 Å². The highest BCUT2D eigenvalue weighted by Crippen LogP contribution is 2.24. The number of anilines is 4. The van der Waals surface area contributed by atoms with Gasteiger partial charge in [-0.05, 0) is 69.3 Å². The van der Waals surface area contributed by atoms with E-state index in [1.54, 1.807) is 43.3 Å². The molecule has 3 aromatic rings. The van der Waals surface area contributed by atoms with E-state index < -0.39 is 6.10 Å². The summed E-state index contributed by atoms with van der Waals surface area (Å²) in [4.78, 5) is 18.1. The highest BCUT2D eigenvalue weighted by Gasteiger charge is 2.23. The summed E-state index contributed by atoms with van der Waals surface area (Å²) < 4.78 is 14.1. The van der Waals surface area contributed by atoms with Crippen LogP contribution < -0.4 is 15.5 Å². The summed E-state index contributed by atoms with van der Waals surface area (Å²) >= 11 is 5.95. The van der Waals surface area contributed by atoms with Crippen molar-refractivity contribution in [1.29, 1.82) is 0 Å². The molecule has 2 heterocycles. The summed E-state index contributed by atoms with van der Waals surface area (Å²) in [7, 11) is 4.19. The molecule has 1 aliphatic heterocycles. The number of aryl methyl sites for hydroxylation is 1. The van der Waals surface area contributed by atoms with Crippen LogP contribution in [0.15, 0.2) is 42.5 Å². The number of halogens is 2. The van der Waals surface area contributed by atoms with Gasteiger partial charge in [0.1, 0.15) is 5.82 Å². The Bertz CT molecular complexity index is 1140. The van der Waals surface area contributed by atoms with Gasteiger partial charge < -0.3 is 25.5 Å². The number of aliphatic hydroxyl groups is 1. The van der Waals surface area contributed by atoms with Crippen LogP contribution in [-0.4, -0.2) is 64.7 Å². The van der Waals surface area contributed by atoms with Crippen molar-refractivity contribution in [3.8, 4) is 0 Å². The van der Waals surface area contributed by atoms with E-state index in [1.165, 1.54) is 6.07 Å². The van der Waals surface area contributed by atoms with Crippen molar-refractivity contribution in [2.24, 2.45) is 0 Å². The topological polar surface area (TPSA) is 89.4 Å². The molecule has 2 aromatic carbocycles. The molecule has 0 amide bonds. The Labute approximate surface area is 210 Å². The van der Waals surface area contributed by atoms with Crippen molar-refractivity contribution in [1.82, 2.24) is 19.9 Å². The van der Waals surface area contributed by atoms with Crippen LogP contribution in [0.2, 0.25) is 5.02 Å². The Balaban J connectivity index is 1.54. The summed E-state index contributed by atoms with van der Waals surface area (Å²) in [6.07, 6.45) is 1.23. The fourth-order valence-corrected chi connectivity index (χ4v) is 4.14. The van der Waals surface area contributed by atoms with Gasteiger partial charge in [-0.25, -0.2) is 4.39 Å². The smallest absolute Gasteiger partial charge is 0.233 e. The molecular weight excluding hydrogens is 469 g/mol. The van der Waals surface area contributed by atoms with Crippen LogP contribution in [-0.2, 0) is 0 Å². The number of aliphatic hydroxyl groups excluding tert-OH is 1. The molecule has 1 aromatic heterocycles. The third-order valence-electron chi connectivity index (χ3n) is 6.24. The quantitative estimate of drug-likeness (QED) is 0.420. The molecule has 3 N–H and O–H groups in total. The molecule has 0 saturated carbocycles. The Hall–Kier alpha value is -3.01. The number of nitrogens with zero attached hydrogens (tertiary/aromatic N) is 5. The lowest BCUT2D eigenvalue weighted by Gasteiger charge is -2.35. The van der Waals surface area contributed by atoms with Gasteiger partial charge in [-0.3, -0.25) is 0 Å². The molecule has 0 spiro atoms. The highest BCUT2D eigenvalue weighted by molar-refractivity contribution is 6.30. The molecule has 0 aliphatic carbocycles. The summed E-state index contributed by atoms with van der Waals surface area (Å²) in [6.45, 7) is 3.55. The zero-order valence-electron chi connectivity index (χ0n) is 20.2. The number of hydrogen-bond donors (Lipinski definition) is 3. The number of aromatic nitrogens is 3. The first-order chi connectivity index (χ1) is 16.8. The molecule has 1 atom stereocenters. The van der Waals surface area contributed by atoms with Gasteiger partial charge in [0.25, 0.3) is 0 Å². The third kappa shape index (κ3) is 6.56. The number of benzene rings is 2. The number of hydrogen-bond acceptors (Lipinski definition) is 8. The number of piperidine rings is 1. The molecule has 1 saturated heterocycles. The first kappa shape index (κ1) is 25.1. The van der Waals surface area contributed by atoms with E-state index in [0.717, 1.165) is 31.5 Å². The van der Waals surface area contributed by atoms with Crippen molar-refractivity contribution < 1.29 is 9.50 Å². The van der Waals surface area contributed by atoms with Crippen LogP contribution in [0.4, 0.5) is 27.9 Å². The van der Waals surface area contributed by atoms with E-state index in [-0.39, 0.29) is 12.4 Å². The van der Waals surface area contributed by atoms with Crippen LogP contribution in [0.5, 0.6) is 0 Å². The molecule has 0 radical (unpaired) electrons. The van der Waals surface area contributed by atoms with Crippen molar-refractivity contribution in [2.45, 2.75) is 31.9 Å². The minimum Gasteiger partial charge on any atom is -0.387 e. The zero-order chi connectivity index (χ0) is 24.9. The van der Waals surface area contributed by atoms with Crippen molar-refractivity contribution in [3.63, 3.8) is 0 Å². The predicted octanol–water partition coefficient (Wildman–Crippen LogP) is 4.39. The van der Waals surface area contributed by atoms with Crippen LogP contribution in [0, 0.1) is 12.7 Å². The van der Waals surface area contributed by atoms with Gasteiger partial charge in [-0.15, -0.1) is 0 Å². The molecule has 1 unspecified atom stereocenters. The largest absolute Gasteiger partial charge is 0.387 e. The summed E-state index contributed by atoms with van der Waals surface area (Å²) in [5.41, 5.74) is 1.84. The SMILES string of the molecule is Cc1ccc(Nc2nc(NCC(O)c3ccc(Cl)cc3)nc(N3CCC(N(C)C)CC3)n2)cc1F. The van der Waals surface area contributed by atoms with Gasteiger partial charge in [0.05, 0.1) is 6.10 Å². The molecule has 0 bridgehead atoms. The van der Waals surface area contributed by atoms with Gasteiger partial charge in [-0.1, -0.05) is 29.8 Å². The second kappa shape index (κ2) is 11.2. The maximum Gasteiger partial charge on any atom is 0.233 e. The molecule has 186 valence electrons. The van der Waals surface area contributed by atoms with Crippen LogP contribution in [0.3, 0.4) is 0 Å². The first-order valence-corrected chi connectivity index (χ1v) is 12.0. The van der Waals surface area contributed by atoms with Crippen molar-refractivity contribution in [3.05, 3.63) is 64.4 Å². The molecule has 1 fully saturated rings. The number of nitrogens with one attached hydrogen (secondary N) is 2. The van der Waals surface area contributed by atoms with Crippen LogP contribution in [0.25, 0.3) is 0 Å². The fraction of sp³-hybridized carbons (Fsp3) is 0.400. The lowest BCUT2D eigenvalue weighted by atomic mass is 10.0. The molecular formula is C25H31ClFN7O. The summed E-state index contributed by atoms with van der Waals surface area (Å²) in [5.74, 6) is 0.861. The number of rotatable bonds is 8. The second-order valence-electron chi connectivity index (χ2n) is 9.00. The Morgan fingerprint density at radius 3 is 2.43 bits per heavy atom. The Morgan fingerprint density at radius 1 is 1.09 bits per heavy atom. The maximum absolute atomic E-state index is 14.1. The standard InChI is InChI=1S/C25H31ClFN7O/c1-16-4-9-19(14-21(16)27)29-24-30-23(28-15-22(35)17-5-7-18(26)8-6-17)31-25(32-24)34-12-10-20(11-13-34)33(2)3/h4-9,14,20,22,35H,10-13,15H2,1-3H3,(H2,28,29,30,31,32). The van der Waals surface area contributed by atoms with Crippen LogP contribution in [0.1, 0.15) is 30.1 Å². The summed E-state index contributed by atoms with van der Waals surface area (Å²) in [6, 6.07) is 12.5. The molecule has 10 heteroatoms. The fourth-order valence-electron chi connectivity index (χ4n) is 4.01. The second-order valence-corrected chi connectivity index (χ2v) is 9.44. The summed E-state index contributed by atoms with van der Waals surface area (Å²) in [5, 5.41) is 17.4. The van der Waals surface area contributed by atoms with E-state index in [9.17, 15) is 9.50 Å². The van der Waals surface area contributed by atoms with E-state index in [2.05, 4.69) is 49.5 Å². The maximum atomic E-state index is 14.1. The van der Waals surface area contributed by atoms with E-state index in [4.69, 9.17) is 11.6 Å². The van der Waals surface area contributed by atoms with Crippen molar-refractivity contribution in [2.75, 3.05) is 49.3 Å². The average molecular weight is 500 g/mol. The lowest BCUT2D eigenvalue weighted by molar-refractivity contribution is 0.191. The monoisotopic (exact) mass is 499 g/mol. The van der Waals surface area contributed by atoms with E-state index in [0.29, 0.717) is 40.2 Å². The van der Waals surface area contributed by atoms with E-state index >= 15 is 0 Å². The Kier molecular flexibility index (Phi) is 8.00. The minimum absolute atomic E-state index is 0.201. The van der Waals surface area contributed by atoms with Gasteiger partial charge in [0.2, 0.25) is 17.8 Å². The lowest BCUT2D eigenvalue weighted by Crippen LogP contribution is -2.42. The van der Waals surface area contributed by atoms with Gasteiger partial charge in [0.15, 0.2) is 0 Å². The van der Waals surface area contributed by atoms with Gasteiger partial charge in [-0.2, -0.15) is 15.0 Å². The minimum atomic E-state index is -0.772. The highest BCUT2D eigenvalue weighted by atomic mass is 35.5. The normalized spacial score (nSPS) is 15.3. The van der Waals surface area contributed by atoms with E-state index in [1.807, 2.05) is 0 Å². The zero-order valence-corrected chi connectivity index (χ0v) is 20.9. The molecule has 8 nitrogen and oxygen atoms in total.